The smallest absolute Gasteiger partial charge is 0.295 e. The molecule has 0 spiro atoms. The van der Waals surface area contributed by atoms with Gasteiger partial charge in [0.1, 0.15) is 5.65 Å². The van der Waals surface area contributed by atoms with E-state index < -0.39 is 5.60 Å². The minimum atomic E-state index is -0.487. The Morgan fingerprint density at radius 3 is 2.75 bits per heavy atom. The number of aromatic amines is 1. The Balaban J connectivity index is 1.19. The molecule has 5 aliphatic rings. The molecule has 4 bridgehead atoms. The maximum absolute atomic E-state index is 13.0. The van der Waals surface area contributed by atoms with E-state index in [1.807, 2.05) is 12.3 Å². The van der Waals surface area contributed by atoms with E-state index in [1.54, 1.807) is 18.2 Å². The summed E-state index contributed by atoms with van der Waals surface area (Å²) in [7, 11) is 1.71. The van der Waals surface area contributed by atoms with Gasteiger partial charge in [-0.1, -0.05) is 5.16 Å². The number of pyridine rings is 1. The van der Waals surface area contributed by atoms with Gasteiger partial charge in [-0.3, -0.25) is 4.79 Å². The standard InChI is InChI=1S/C26H32N6O4/c1-35-17-3-6-32(7-4-17)25(33)23-30-24(36-31-23)19-13-28-22-18(2-5-27-22)21(19)29-20-15-8-14-9-16(20)12-26(34,10-14)11-15/h2,5,13-17,20,34H,3-4,6-12H2,1H3,(H2,27,28,29)/t14?,15-,16+,20+,26-. The van der Waals surface area contributed by atoms with Crippen LogP contribution >= 0.6 is 0 Å². The molecule has 3 N–H and O–H groups in total. The van der Waals surface area contributed by atoms with Gasteiger partial charge in [0.25, 0.3) is 17.6 Å². The Morgan fingerprint density at radius 2 is 2.03 bits per heavy atom. The molecule has 1 saturated heterocycles. The predicted octanol–water partition coefficient (Wildman–Crippen LogP) is 3.22. The molecule has 4 saturated carbocycles. The number of likely N-dealkylation sites (tertiary alicyclic amines) is 1. The van der Waals surface area contributed by atoms with Crippen LogP contribution in [0.4, 0.5) is 5.69 Å². The second-order valence-electron chi connectivity index (χ2n) is 11.3. The zero-order valence-corrected chi connectivity index (χ0v) is 20.4. The number of carbonyl (C=O) groups excluding carboxylic acids is 1. The second-order valence-corrected chi connectivity index (χ2v) is 11.3. The maximum Gasteiger partial charge on any atom is 0.295 e. The fraction of sp³-hybridized carbons (Fsp3) is 0.615. The Kier molecular flexibility index (Phi) is 5.11. The van der Waals surface area contributed by atoms with Crippen molar-refractivity contribution < 1.29 is 19.2 Å². The number of ether oxygens (including phenoxy) is 1. The van der Waals surface area contributed by atoms with Crippen LogP contribution in [-0.2, 0) is 4.74 Å². The van der Waals surface area contributed by atoms with Gasteiger partial charge in [0.2, 0.25) is 0 Å². The number of anilines is 1. The normalized spacial score (nSPS) is 31.9. The number of carbonyl (C=O) groups is 1. The highest BCUT2D eigenvalue weighted by molar-refractivity contribution is 5.97. The number of rotatable bonds is 5. The number of H-pyrrole nitrogens is 1. The highest BCUT2D eigenvalue weighted by Gasteiger charge is 2.54. The lowest BCUT2D eigenvalue weighted by atomic mass is 9.52. The molecule has 4 heterocycles. The third-order valence-electron chi connectivity index (χ3n) is 9.05. The van der Waals surface area contributed by atoms with Crippen molar-refractivity contribution >= 4 is 22.6 Å². The van der Waals surface area contributed by atoms with E-state index in [-0.39, 0.29) is 29.8 Å². The van der Waals surface area contributed by atoms with Crippen molar-refractivity contribution in [1.29, 1.82) is 0 Å². The summed E-state index contributed by atoms with van der Waals surface area (Å²) in [5, 5.41) is 19.9. The van der Waals surface area contributed by atoms with E-state index in [0.717, 1.165) is 61.7 Å². The fourth-order valence-corrected chi connectivity index (χ4v) is 7.57. The van der Waals surface area contributed by atoms with E-state index in [0.29, 0.717) is 36.4 Å². The predicted molar refractivity (Wildman–Crippen MR) is 131 cm³/mol. The molecule has 10 heteroatoms. The van der Waals surface area contributed by atoms with Crippen molar-refractivity contribution in [2.75, 3.05) is 25.5 Å². The van der Waals surface area contributed by atoms with Crippen LogP contribution in [0, 0.1) is 17.8 Å². The molecule has 1 unspecified atom stereocenters. The molecule has 190 valence electrons. The summed E-state index contributed by atoms with van der Waals surface area (Å²) in [6, 6.07) is 2.27. The number of amides is 1. The lowest BCUT2D eigenvalue weighted by molar-refractivity contribution is -0.129. The molecular formula is C26H32N6O4. The van der Waals surface area contributed by atoms with Gasteiger partial charge in [-0.2, -0.15) is 4.98 Å². The number of aliphatic hydroxyl groups is 1. The quantitative estimate of drug-likeness (QED) is 0.495. The molecule has 1 amide bonds. The molecule has 3 aromatic heterocycles. The van der Waals surface area contributed by atoms with Crippen LogP contribution in [0.1, 0.15) is 55.6 Å². The van der Waals surface area contributed by atoms with Gasteiger partial charge in [-0.25, -0.2) is 4.98 Å². The Bertz CT molecular complexity index is 1280. The number of nitrogens with one attached hydrogen (secondary N) is 2. The third-order valence-corrected chi connectivity index (χ3v) is 9.05. The van der Waals surface area contributed by atoms with Crippen LogP contribution in [0.3, 0.4) is 0 Å². The molecule has 10 nitrogen and oxygen atoms in total. The molecular weight excluding hydrogens is 460 g/mol. The first kappa shape index (κ1) is 22.2. The minimum Gasteiger partial charge on any atom is -0.390 e. The van der Waals surface area contributed by atoms with E-state index in [4.69, 9.17) is 9.26 Å². The summed E-state index contributed by atoms with van der Waals surface area (Å²) >= 11 is 0. The largest absolute Gasteiger partial charge is 0.390 e. The van der Waals surface area contributed by atoms with E-state index >= 15 is 0 Å². The number of piperidine rings is 1. The lowest BCUT2D eigenvalue weighted by Gasteiger charge is -2.58. The van der Waals surface area contributed by atoms with E-state index in [2.05, 4.69) is 25.4 Å². The number of fused-ring (bicyclic) bond motifs is 1. The Labute approximate surface area is 208 Å². The number of nitrogens with zero attached hydrogens (tertiary/aromatic N) is 4. The molecule has 4 aliphatic carbocycles. The van der Waals surface area contributed by atoms with Crippen molar-refractivity contribution in [1.82, 2.24) is 25.0 Å². The zero-order valence-electron chi connectivity index (χ0n) is 20.4. The monoisotopic (exact) mass is 492 g/mol. The van der Waals surface area contributed by atoms with Gasteiger partial charge in [-0.15, -0.1) is 0 Å². The van der Waals surface area contributed by atoms with Gasteiger partial charge in [0.05, 0.1) is 23.0 Å². The Hall–Kier alpha value is -2.98. The number of hydrogen-bond acceptors (Lipinski definition) is 8. The van der Waals surface area contributed by atoms with Gasteiger partial charge < -0.3 is 29.6 Å². The number of hydrogen-bond donors (Lipinski definition) is 3. The summed E-state index contributed by atoms with van der Waals surface area (Å²) in [5.41, 5.74) is 1.88. The topological polar surface area (TPSA) is 129 Å². The van der Waals surface area contributed by atoms with E-state index in [1.165, 1.54) is 0 Å². The average molecular weight is 493 g/mol. The maximum atomic E-state index is 13.0. The van der Waals surface area contributed by atoms with Crippen LogP contribution in [0.15, 0.2) is 23.0 Å². The molecule has 0 radical (unpaired) electrons. The number of aromatic nitrogens is 4. The molecule has 3 aromatic rings. The summed E-state index contributed by atoms with van der Waals surface area (Å²) < 4.78 is 11.0. The highest BCUT2D eigenvalue weighted by Crippen LogP contribution is 2.56. The van der Waals surface area contributed by atoms with Crippen LogP contribution < -0.4 is 5.32 Å². The molecule has 0 aromatic carbocycles. The SMILES string of the molecule is COC1CCN(C(=O)c2noc(-c3cnc4[nH]ccc4c3N[C@H]3[C@@H]4CC5C[C@H]3C[C@@](O)(C5)C4)n2)CC1. The molecule has 5 atom stereocenters. The minimum absolute atomic E-state index is 0.0674. The second kappa shape index (κ2) is 8.27. The van der Waals surface area contributed by atoms with Crippen molar-refractivity contribution in [3.8, 4) is 11.5 Å². The van der Waals surface area contributed by atoms with Gasteiger partial charge in [0, 0.05) is 44.0 Å². The van der Waals surface area contributed by atoms with Gasteiger partial charge >= 0.3 is 0 Å². The van der Waals surface area contributed by atoms with Crippen LogP contribution in [0.5, 0.6) is 0 Å². The van der Waals surface area contributed by atoms with Crippen molar-refractivity contribution in [3.05, 3.63) is 24.3 Å². The molecule has 36 heavy (non-hydrogen) atoms. The molecule has 8 rings (SSSR count). The molecule has 5 fully saturated rings. The van der Waals surface area contributed by atoms with E-state index in [9.17, 15) is 9.90 Å². The number of methoxy groups -OCH3 is 1. The Morgan fingerprint density at radius 1 is 1.25 bits per heavy atom. The fourth-order valence-electron chi connectivity index (χ4n) is 7.57. The van der Waals surface area contributed by atoms with Crippen molar-refractivity contribution in [2.45, 2.75) is 62.7 Å². The van der Waals surface area contributed by atoms with Gasteiger partial charge in [0.15, 0.2) is 0 Å². The highest BCUT2D eigenvalue weighted by atomic mass is 16.5. The summed E-state index contributed by atoms with van der Waals surface area (Å²) in [5.74, 6) is 1.63. The first-order valence-electron chi connectivity index (χ1n) is 13.1. The van der Waals surface area contributed by atoms with Gasteiger partial charge in [-0.05, 0) is 68.8 Å². The van der Waals surface area contributed by atoms with Crippen LogP contribution in [-0.4, -0.2) is 74.0 Å². The zero-order chi connectivity index (χ0) is 24.4. The first-order chi connectivity index (χ1) is 17.5. The average Bonchev–Trinajstić information content (AvgIpc) is 3.55. The van der Waals surface area contributed by atoms with Crippen LogP contribution in [0.2, 0.25) is 0 Å². The first-order valence-corrected chi connectivity index (χ1v) is 13.1. The van der Waals surface area contributed by atoms with Crippen LogP contribution in [0.25, 0.3) is 22.5 Å². The third kappa shape index (κ3) is 3.61. The lowest BCUT2D eigenvalue weighted by Crippen LogP contribution is -2.59. The summed E-state index contributed by atoms with van der Waals surface area (Å²) in [4.78, 5) is 27.1. The summed E-state index contributed by atoms with van der Waals surface area (Å²) in [6.07, 6.45) is 10.4. The summed E-state index contributed by atoms with van der Waals surface area (Å²) in [6.45, 7) is 1.23. The van der Waals surface area contributed by atoms with Crippen molar-refractivity contribution in [3.63, 3.8) is 0 Å². The van der Waals surface area contributed by atoms with Crippen molar-refractivity contribution in [2.24, 2.45) is 17.8 Å². The molecule has 1 aliphatic heterocycles.